The summed E-state index contributed by atoms with van der Waals surface area (Å²) < 4.78 is 5.21. The van der Waals surface area contributed by atoms with Crippen molar-refractivity contribution in [1.29, 1.82) is 0 Å². The molecular weight excluding hydrogens is 144 g/mol. The number of aromatic amines is 1. The minimum absolute atomic E-state index is 0.447. The molecule has 0 radical (unpaired) electrons. The Labute approximate surface area is 64.1 Å². The molecule has 5 heteroatoms. The summed E-state index contributed by atoms with van der Waals surface area (Å²) in [5.41, 5.74) is 0. The summed E-state index contributed by atoms with van der Waals surface area (Å²) in [5.74, 6) is 1.27. The summed E-state index contributed by atoms with van der Waals surface area (Å²) in [5, 5.41) is 13.9. The first-order chi connectivity index (χ1) is 5.47. The van der Waals surface area contributed by atoms with Crippen LogP contribution in [0.5, 0.6) is 0 Å². The Hall–Kier alpha value is -0.970. The minimum Gasteiger partial charge on any atom is -0.381 e. The van der Waals surface area contributed by atoms with Crippen LogP contribution in [0.15, 0.2) is 0 Å². The molecule has 0 amide bonds. The molecule has 5 nitrogen and oxygen atoms in total. The molecular formula is C6H10N4O. The van der Waals surface area contributed by atoms with Gasteiger partial charge < -0.3 is 4.74 Å². The minimum atomic E-state index is 0.447. The quantitative estimate of drug-likeness (QED) is 0.622. The zero-order valence-corrected chi connectivity index (χ0v) is 6.16. The van der Waals surface area contributed by atoms with Gasteiger partial charge in [0.1, 0.15) is 0 Å². The van der Waals surface area contributed by atoms with Crippen LogP contribution in [0.1, 0.15) is 24.6 Å². The smallest absolute Gasteiger partial charge is 0.177 e. The average Bonchev–Trinajstić information content (AvgIpc) is 2.58. The number of nitrogens with zero attached hydrogens (tertiary/aromatic N) is 3. The van der Waals surface area contributed by atoms with Gasteiger partial charge in [-0.2, -0.15) is 5.21 Å². The van der Waals surface area contributed by atoms with Gasteiger partial charge in [-0.05, 0) is 12.8 Å². The number of rotatable bonds is 1. The van der Waals surface area contributed by atoms with Crippen LogP contribution >= 0.6 is 0 Å². The summed E-state index contributed by atoms with van der Waals surface area (Å²) >= 11 is 0. The number of hydrogen-bond acceptors (Lipinski definition) is 4. The number of hydrogen-bond donors (Lipinski definition) is 1. The SMILES string of the molecule is C1CC(c2nn[nH]n2)CCO1. The summed E-state index contributed by atoms with van der Waals surface area (Å²) in [7, 11) is 0. The predicted molar refractivity (Wildman–Crippen MR) is 37.0 cm³/mol. The maximum Gasteiger partial charge on any atom is 0.177 e. The van der Waals surface area contributed by atoms with E-state index in [1.165, 1.54) is 0 Å². The van der Waals surface area contributed by atoms with Crippen LogP contribution in [-0.2, 0) is 4.74 Å². The topological polar surface area (TPSA) is 63.7 Å². The number of tetrazole rings is 1. The third-order valence-electron chi connectivity index (χ3n) is 1.95. The van der Waals surface area contributed by atoms with Gasteiger partial charge in [-0.25, -0.2) is 0 Å². The van der Waals surface area contributed by atoms with Crippen molar-refractivity contribution in [1.82, 2.24) is 20.6 Å². The Balaban J connectivity index is 2.04. The lowest BCUT2D eigenvalue weighted by molar-refractivity contribution is 0.0836. The normalized spacial score (nSPS) is 20.4. The van der Waals surface area contributed by atoms with E-state index in [4.69, 9.17) is 4.74 Å². The molecule has 0 saturated carbocycles. The molecule has 1 aliphatic heterocycles. The monoisotopic (exact) mass is 154 g/mol. The molecule has 2 heterocycles. The first kappa shape index (κ1) is 6.72. The third-order valence-corrected chi connectivity index (χ3v) is 1.95. The van der Waals surface area contributed by atoms with Crippen molar-refractivity contribution in [2.24, 2.45) is 0 Å². The van der Waals surface area contributed by atoms with Gasteiger partial charge >= 0.3 is 0 Å². The van der Waals surface area contributed by atoms with Crippen LogP contribution in [0, 0.1) is 0 Å². The van der Waals surface area contributed by atoms with E-state index in [1.54, 1.807) is 0 Å². The molecule has 0 aromatic carbocycles. The highest BCUT2D eigenvalue weighted by Crippen LogP contribution is 2.22. The van der Waals surface area contributed by atoms with Crippen molar-refractivity contribution < 1.29 is 4.74 Å². The molecule has 0 atom stereocenters. The van der Waals surface area contributed by atoms with Gasteiger partial charge in [0, 0.05) is 19.1 Å². The van der Waals surface area contributed by atoms with Gasteiger partial charge in [-0.1, -0.05) is 5.21 Å². The standard InChI is InChI=1S/C6H10N4O/c1-3-11-4-2-5(1)6-7-9-10-8-6/h5H,1-4H2,(H,7,8,9,10). The van der Waals surface area contributed by atoms with Gasteiger partial charge in [0.25, 0.3) is 0 Å². The second kappa shape index (κ2) is 2.96. The summed E-state index contributed by atoms with van der Waals surface area (Å²) in [6.07, 6.45) is 2.03. The van der Waals surface area contributed by atoms with Crippen molar-refractivity contribution in [3.8, 4) is 0 Å². The first-order valence-electron chi connectivity index (χ1n) is 3.78. The zero-order valence-electron chi connectivity index (χ0n) is 6.16. The van der Waals surface area contributed by atoms with Crippen LogP contribution in [-0.4, -0.2) is 33.8 Å². The largest absolute Gasteiger partial charge is 0.381 e. The van der Waals surface area contributed by atoms with E-state index in [0.29, 0.717) is 5.92 Å². The molecule has 0 bridgehead atoms. The van der Waals surface area contributed by atoms with E-state index >= 15 is 0 Å². The van der Waals surface area contributed by atoms with Crippen LogP contribution in [0.2, 0.25) is 0 Å². The second-order valence-corrected chi connectivity index (χ2v) is 2.66. The molecule has 1 aromatic rings. The third kappa shape index (κ3) is 1.37. The lowest BCUT2D eigenvalue weighted by Gasteiger charge is -2.18. The number of H-pyrrole nitrogens is 1. The van der Waals surface area contributed by atoms with Crippen molar-refractivity contribution >= 4 is 0 Å². The fourth-order valence-electron chi connectivity index (χ4n) is 1.30. The highest BCUT2D eigenvalue weighted by Gasteiger charge is 2.18. The molecule has 0 unspecified atom stereocenters. The molecule has 0 aliphatic carbocycles. The maximum absolute atomic E-state index is 5.21. The van der Waals surface area contributed by atoms with E-state index in [1.807, 2.05) is 0 Å². The summed E-state index contributed by atoms with van der Waals surface area (Å²) in [6, 6.07) is 0. The van der Waals surface area contributed by atoms with Crippen LogP contribution < -0.4 is 0 Å². The molecule has 1 aromatic heterocycles. The lowest BCUT2D eigenvalue weighted by Crippen LogP contribution is -2.15. The highest BCUT2D eigenvalue weighted by molar-refractivity contribution is 4.91. The number of aromatic nitrogens is 4. The van der Waals surface area contributed by atoms with Crippen molar-refractivity contribution in [3.63, 3.8) is 0 Å². The average molecular weight is 154 g/mol. The summed E-state index contributed by atoms with van der Waals surface area (Å²) in [4.78, 5) is 0. The lowest BCUT2D eigenvalue weighted by atomic mass is 10.0. The van der Waals surface area contributed by atoms with E-state index in [-0.39, 0.29) is 0 Å². The Morgan fingerprint density at radius 3 is 2.82 bits per heavy atom. The fourth-order valence-corrected chi connectivity index (χ4v) is 1.30. The molecule has 2 rings (SSSR count). The Kier molecular flexibility index (Phi) is 1.81. The predicted octanol–water partition coefficient (Wildman–Crippen LogP) is 0.0937. The highest BCUT2D eigenvalue weighted by atomic mass is 16.5. The van der Waals surface area contributed by atoms with Gasteiger partial charge in [0.2, 0.25) is 0 Å². The number of ether oxygens (including phenoxy) is 1. The van der Waals surface area contributed by atoms with Gasteiger partial charge in [-0.15, -0.1) is 10.2 Å². The molecule has 11 heavy (non-hydrogen) atoms. The number of nitrogens with one attached hydrogen (secondary N) is 1. The molecule has 1 saturated heterocycles. The first-order valence-corrected chi connectivity index (χ1v) is 3.78. The molecule has 1 N–H and O–H groups in total. The van der Waals surface area contributed by atoms with Crippen LogP contribution in [0.4, 0.5) is 0 Å². The van der Waals surface area contributed by atoms with Gasteiger partial charge in [-0.3, -0.25) is 0 Å². The van der Waals surface area contributed by atoms with Gasteiger partial charge in [0.05, 0.1) is 0 Å². The van der Waals surface area contributed by atoms with Crippen molar-refractivity contribution in [2.45, 2.75) is 18.8 Å². The van der Waals surface area contributed by atoms with E-state index in [0.717, 1.165) is 31.9 Å². The van der Waals surface area contributed by atoms with E-state index in [9.17, 15) is 0 Å². The molecule has 60 valence electrons. The van der Waals surface area contributed by atoms with Gasteiger partial charge in [0.15, 0.2) is 5.82 Å². The van der Waals surface area contributed by atoms with Crippen molar-refractivity contribution in [3.05, 3.63) is 5.82 Å². The van der Waals surface area contributed by atoms with Crippen LogP contribution in [0.25, 0.3) is 0 Å². The van der Waals surface area contributed by atoms with Crippen molar-refractivity contribution in [2.75, 3.05) is 13.2 Å². The fraction of sp³-hybridized carbons (Fsp3) is 0.833. The maximum atomic E-state index is 5.21. The van der Waals surface area contributed by atoms with Crippen LogP contribution in [0.3, 0.4) is 0 Å². The van der Waals surface area contributed by atoms with E-state index in [2.05, 4.69) is 20.6 Å². The summed E-state index contributed by atoms with van der Waals surface area (Å²) in [6.45, 7) is 1.64. The zero-order chi connectivity index (χ0) is 7.52. The molecule has 1 fully saturated rings. The molecule has 0 spiro atoms. The Morgan fingerprint density at radius 2 is 2.18 bits per heavy atom. The molecule has 1 aliphatic rings. The second-order valence-electron chi connectivity index (χ2n) is 2.66. The van der Waals surface area contributed by atoms with E-state index < -0.39 is 0 Å². The Bertz CT molecular complexity index is 204. The Morgan fingerprint density at radius 1 is 1.36 bits per heavy atom.